The predicted molar refractivity (Wildman–Crippen MR) is 92.7 cm³/mol. The van der Waals surface area contributed by atoms with Crippen molar-refractivity contribution in [3.63, 3.8) is 0 Å². The van der Waals surface area contributed by atoms with Gasteiger partial charge in [-0.15, -0.1) is 0 Å². The fraction of sp³-hybridized carbons (Fsp3) is 0.235. The van der Waals surface area contributed by atoms with E-state index >= 15 is 0 Å². The Morgan fingerprint density at radius 1 is 1.24 bits per heavy atom. The van der Waals surface area contributed by atoms with Crippen LogP contribution >= 0.6 is 23.8 Å². The van der Waals surface area contributed by atoms with Gasteiger partial charge in [-0.1, -0.05) is 49.8 Å². The van der Waals surface area contributed by atoms with Crippen LogP contribution in [0.15, 0.2) is 36.4 Å². The fourth-order valence-corrected chi connectivity index (χ4v) is 2.85. The molecule has 0 aliphatic heterocycles. The lowest BCUT2D eigenvalue weighted by atomic mass is 9.98. The van der Waals surface area contributed by atoms with Crippen LogP contribution in [0.1, 0.15) is 36.5 Å². The average Bonchev–Trinajstić information content (AvgIpc) is 2.37. The van der Waals surface area contributed by atoms with Crippen molar-refractivity contribution in [2.45, 2.75) is 26.7 Å². The molecule has 2 nitrogen and oxygen atoms in total. The first-order valence-corrected chi connectivity index (χ1v) is 7.55. The number of aryl methyl sites for hydroxylation is 1. The van der Waals surface area contributed by atoms with Gasteiger partial charge in [-0.25, -0.2) is 0 Å². The molecule has 0 aromatic heterocycles. The molecule has 21 heavy (non-hydrogen) atoms. The van der Waals surface area contributed by atoms with E-state index in [2.05, 4.69) is 26.8 Å². The largest absolute Gasteiger partial charge is 0.457 e. The van der Waals surface area contributed by atoms with E-state index in [1.807, 2.05) is 24.3 Å². The molecule has 0 atom stereocenters. The van der Waals surface area contributed by atoms with E-state index in [0.717, 1.165) is 5.75 Å². The van der Waals surface area contributed by atoms with Gasteiger partial charge in [0.05, 0.1) is 10.6 Å². The van der Waals surface area contributed by atoms with Crippen LogP contribution < -0.4 is 10.5 Å². The second kappa shape index (κ2) is 6.46. The number of thiocarbonyl (C=S) groups is 1. The molecule has 0 spiro atoms. The van der Waals surface area contributed by atoms with Crippen molar-refractivity contribution in [1.82, 2.24) is 0 Å². The topological polar surface area (TPSA) is 35.2 Å². The summed E-state index contributed by atoms with van der Waals surface area (Å²) in [6.45, 7) is 6.42. The Bertz CT molecular complexity index is 682. The van der Waals surface area contributed by atoms with Gasteiger partial charge in [-0.3, -0.25) is 0 Å². The Hall–Kier alpha value is -1.58. The van der Waals surface area contributed by atoms with Crippen LogP contribution in [0.5, 0.6) is 11.5 Å². The molecule has 0 aliphatic carbocycles. The van der Waals surface area contributed by atoms with Gasteiger partial charge in [0.1, 0.15) is 16.5 Å². The summed E-state index contributed by atoms with van der Waals surface area (Å²) < 4.78 is 5.92. The number of rotatable bonds is 4. The minimum absolute atomic E-state index is 0.228. The lowest BCUT2D eigenvalue weighted by Gasteiger charge is -2.14. The first-order valence-electron chi connectivity index (χ1n) is 6.77. The van der Waals surface area contributed by atoms with E-state index in [1.165, 1.54) is 11.1 Å². The molecule has 0 unspecified atom stereocenters. The second-order valence-electron chi connectivity index (χ2n) is 5.25. The van der Waals surface area contributed by atoms with Crippen molar-refractivity contribution in [3.05, 3.63) is 58.1 Å². The molecule has 4 heteroatoms. The second-order valence-corrected chi connectivity index (χ2v) is 6.10. The summed E-state index contributed by atoms with van der Waals surface area (Å²) in [5.74, 6) is 1.81. The molecule has 110 valence electrons. The number of halogens is 1. The minimum Gasteiger partial charge on any atom is -0.457 e. The highest BCUT2D eigenvalue weighted by Crippen LogP contribution is 2.32. The third kappa shape index (κ3) is 3.55. The monoisotopic (exact) mass is 319 g/mol. The van der Waals surface area contributed by atoms with Gasteiger partial charge in [0.15, 0.2) is 0 Å². The molecular formula is C17H18ClNOS. The van der Waals surface area contributed by atoms with Crippen molar-refractivity contribution in [3.8, 4) is 11.5 Å². The summed E-state index contributed by atoms with van der Waals surface area (Å²) in [6, 6.07) is 11.4. The number of benzene rings is 2. The minimum atomic E-state index is 0.228. The summed E-state index contributed by atoms with van der Waals surface area (Å²) in [6.07, 6.45) is 0. The zero-order chi connectivity index (χ0) is 15.6. The van der Waals surface area contributed by atoms with Crippen molar-refractivity contribution < 1.29 is 4.74 Å². The van der Waals surface area contributed by atoms with Crippen LogP contribution in [0.25, 0.3) is 0 Å². The summed E-state index contributed by atoms with van der Waals surface area (Å²) in [7, 11) is 0. The molecule has 0 heterocycles. The van der Waals surface area contributed by atoms with Gasteiger partial charge in [-0.2, -0.15) is 0 Å². The van der Waals surface area contributed by atoms with Crippen molar-refractivity contribution in [1.29, 1.82) is 0 Å². The van der Waals surface area contributed by atoms with Crippen LogP contribution in [-0.2, 0) is 0 Å². The maximum Gasteiger partial charge on any atom is 0.139 e. The van der Waals surface area contributed by atoms with Gasteiger partial charge in [0.2, 0.25) is 0 Å². The Morgan fingerprint density at radius 2 is 1.95 bits per heavy atom. The van der Waals surface area contributed by atoms with Crippen molar-refractivity contribution in [2.75, 3.05) is 0 Å². The molecule has 0 bridgehead atoms. The van der Waals surface area contributed by atoms with Crippen LogP contribution in [0.2, 0.25) is 5.02 Å². The molecule has 0 saturated carbocycles. The fourth-order valence-electron chi connectivity index (χ4n) is 2.31. The number of nitrogens with two attached hydrogens (primary N) is 1. The molecular weight excluding hydrogens is 302 g/mol. The highest BCUT2D eigenvalue weighted by molar-refractivity contribution is 7.80. The van der Waals surface area contributed by atoms with Gasteiger partial charge < -0.3 is 10.5 Å². The smallest absolute Gasteiger partial charge is 0.139 e. The Balaban J connectivity index is 2.37. The molecule has 2 N–H and O–H groups in total. The maximum atomic E-state index is 6.14. The molecule has 0 aliphatic rings. The van der Waals surface area contributed by atoms with Gasteiger partial charge in [0, 0.05) is 0 Å². The van der Waals surface area contributed by atoms with Gasteiger partial charge in [0.25, 0.3) is 0 Å². The first kappa shape index (κ1) is 15.8. The quantitative estimate of drug-likeness (QED) is 0.787. The van der Waals surface area contributed by atoms with Crippen LogP contribution in [-0.4, -0.2) is 4.99 Å². The van der Waals surface area contributed by atoms with E-state index in [-0.39, 0.29) is 4.99 Å². The number of hydrogen-bond donors (Lipinski definition) is 1. The lowest BCUT2D eigenvalue weighted by molar-refractivity contribution is 0.481. The molecule has 0 amide bonds. The standard InChI is InChI=1S/C17H18ClNOS/c1-10(2)13-8-7-12(9-11(13)3)20-15-6-4-5-14(18)16(15)17(19)21/h4-10H,1-3H3,(H2,19,21). The Kier molecular flexibility index (Phi) is 4.86. The van der Waals surface area contributed by atoms with Crippen LogP contribution in [0, 0.1) is 6.92 Å². The van der Waals surface area contributed by atoms with Crippen LogP contribution in [0.4, 0.5) is 0 Å². The van der Waals surface area contributed by atoms with E-state index in [9.17, 15) is 0 Å². The molecule has 2 aromatic rings. The average molecular weight is 320 g/mol. The summed E-state index contributed by atoms with van der Waals surface area (Å²) >= 11 is 11.2. The Labute approximate surface area is 135 Å². The molecule has 2 aromatic carbocycles. The van der Waals surface area contributed by atoms with Gasteiger partial charge in [-0.05, 0) is 48.2 Å². The van der Waals surface area contributed by atoms with Crippen molar-refractivity contribution >= 4 is 28.8 Å². The SMILES string of the molecule is Cc1cc(Oc2cccc(Cl)c2C(N)=S)ccc1C(C)C. The molecule has 2 rings (SSSR count). The summed E-state index contributed by atoms with van der Waals surface area (Å²) in [5.41, 5.74) is 8.80. The van der Waals surface area contributed by atoms with Gasteiger partial charge >= 0.3 is 0 Å². The third-order valence-electron chi connectivity index (χ3n) is 3.31. The normalized spacial score (nSPS) is 10.7. The summed E-state index contributed by atoms with van der Waals surface area (Å²) in [5, 5.41) is 0.496. The van der Waals surface area contributed by atoms with Crippen molar-refractivity contribution in [2.24, 2.45) is 5.73 Å². The summed E-state index contributed by atoms with van der Waals surface area (Å²) in [4.78, 5) is 0.228. The van der Waals surface area contributed by atoms with Crippen LogP contribution in [0.3, 0.4) is 0 Å². The third-order valence-corrected chi connectivity index (χ3v) is 3.83. The van der Waals surface area contributed by atoms with E-state index in [0.29, 0.717) is 22.3 Å². The predicted octanol–water partition coefficient (Wildman–Crippen LogP) is 5.20. The number of hydrogen-bond acceptors (Lipinski definition) is 2. The number of ether oxygens (including phenoxy) is 1. The van der Waals surface area contributed by atoms with E-state index < -0.39 is 0 Å². The molecule has 0 radical (unpaired) electrons. The maximum absolute atomic E-state index is 6.14. The van der Waals surface area contributed by atoms with E-state index in [4.69, 9.17) is 34.3 Å². The molecule has 0 saturated heterocycles. The zero-order valence-electron chi connectivity index (χ0n) is 12.3. The highest BCUT2D eigenvalue weighted by Gasteiger charge is 2.12. The highest BCUT2D eigenvalue weighted by atomic mass is 35.5. The molecule has 0 fully saturated rings. The Morgan fingerprint density at radius 3 is 2.52 bits per heavy atom. The first-order chi connectivity index (χ1) is 9.90. The van der Waals surface area contributed by atoms with E-state index in [1.54, 1.807) is 6.07 Å². The lowest BCUT2D eigenvalue weighted by Crippen LogP contribution is -2.11. The zero-order valence-corrected chi connectivity index (χ0v) is 13.9.